The minimum Gasteiger partial charge on any atom is -0.379 e. The largest absolute Gasteiger partial charge is 0.379 e. The summed E-state index contributed by atoms with van der Waals surface area (Å²) in [4.78, 5) is 16.7. The normalized spacial score (nSPS) is 12.1. The van der Waals surface area contributed by atoms with E-state index in [1.54, 1.807) is 0 Å². The molecule has 31 heavy (non-hydrogen) atoms. The Morgan fingerprint density at radius 3 is 2.48 bits per heavy atom. The molecule has 0 saturated carbocycles. The van der Waals surface area contributed by atoms with E-state index in [4.69, 9.17) is 9.47 Å². The zero-order chi connectivity index (χ0) is 22.0. The molecule has 1 atom stereocenters. The summed E-state index contributed by atoms with van der Waals surface area (Å²) in [5.74, 6) is 0.791. The molecule has 0 radical (unpaired) electrons. The summed E-state index contributed by atoms with van der Waals surface area (Å²) in [6.07, 6.45) is 3.06. The molecular formula is C23H41IN4O3. The van der Waals surface area contributed by atoms with Crippen LogP contribution >= 0.6 is 24.0 Å². The third kappa shape index (κ3) is 14.3. The molecule has 0 saturated heterocycles. The number of nitrogens with zero attached hydrogens (tertiary/aromatic N) is 1. The number of hydrogen-bond donors (Lipinski definition) is 3. The molecule has 0 bridgehead atoms. The molecule has 178 valence electrons. The van der Waals surface area contributed by atoms with Gasteiger partial charge in [-0.3, -0.25) is 4.79 Å². The van der Waals surface area contributed by atoms with Gasteiger partial charge in [-0.05, 0) is 37.5 Å². The molecule has 7 nitrogen and oxygen atoms in total. The fourth-order valence-electron chi connectivity index (χ4n) is 2.52. The summed E-state index contributed by atoms with van der Waals surface area (Å²) >= 11 is 0. The topological polar surface area (TPSA) is 84.0 Å². The fraction of sp³-hybridized carbons (Fsp3) is 0.652. The van der Waals surface area contributed by atoms with Gasteiger partial charge in [0.1, 0.15) is 0 Å². The molecule has 1 aromatic rings. The number of ether oxygens (including phenoxy) is 2. The number of carbonyl (C=O) groups excluding carboxylic acids is 1. The van der Waals surface area contributed by atoms with Crippen LogP contribution in [0, 0.1) is 5.92 Å². The van der Waals surface area contributed by atoms with Crippen LogP contribution in [0.2, 0.25) is 0 Å². The van der Waals surface area contributed by atoms with E-state index in [0.717, 1.165) is 49.6 Å². The van der Waals surface area contributed by atoms with Crippen molar-refractivity contribution in [2.45, 2.75) is 53.5 Å². The van der Waals surface area contributed by atoms with Crippen LogP contribution in [-0.4, -0.2) is 51.4 Å². The van der Waals surface area contributed by atoms with Crippen LogP contribution in [0.1, 0.15) is 52.5 Å². The first-order valence-corrected chi connectivity index (χ1v) is 11.2. The first-order chi connectivity index (χ1) is 14.6. The predicted octanol–water partition coefficient (Wildman–Crippen LogP) is 4.18. The van der Waals surface area contributed by atoms with Gasteiger partial charge in [0.25, 0.3) is 0 Å². The van der Waals surface area contributed by atoms with Gasteiger partial charge in [-0.2, -0.15) is 0 Å². The van der Waals surface area contributed by atoms with E-state index in [-0.39, 0.29) is 35.8 Å². The molecule has 0 spiro atoms. The zero-order valence-corrected chi connectivity index (χ0v) is 21.9. The van der Waals surface area contributed by atoms with E-state index in [2.05, 4.69) is 27.9 Å². The minimum absolute atomic E-state index is 0. The maximum absolute atomic E-state index is 12.1. The van der Waals surface area contributed by atoms with Gasteiger partial charge in [0.2, 0.25) is 5.91 Å². The molecule has 1 rings (SSSR count). The van der Waals surface area contributed by atoms with Crippen molar-refractivity contribution in [3.05, 3.63) is 29.8 Å². The molecule has 0 fully saturated rings. The second-order valence-corrected chi connectivity index (χ2v) is 7.20. The van der Waals surface area contributed by atoms with Crippen molar-refractivity contribution in [2.24, 2.45) is 10.9 Å². The number of anilines is 1. The first-order valence-electron chi connectivity index (χ1n) is 11.2. The molecule has 0 aliphatic carbocycles. The van der Waals surface area contributed by atoms with E-state index in [1.165, 1.54) is 0 Å². The summed E-state index contributed by atoms with van der Waals surface area (Å²) in [6.45, 7) is 12.7. The van der Waals surface area contributed by atoms with E-state index in [1.807, 2.05) is 45.0 Å². The molecule has 3 N–H and O–H groups in total. The van der Waals surface area contributed by atoms with Crippen molar-refractivity contribution in [3.63, 3.8) is 0 Å². The third-order valence-electron chi connectivity index (χ3n) is 4.57. The van der Waals surface area contributed by atoms with Gasteiger partial charge in [0.05, 0.1) is 26.4 Å². The number of halogens is 1. The Labute approximate surface area is 205 Å². The Balaban J connectivity index is 0.00000900. The third-order valence-corrected chi connectivity index (χ3v) is 4.57. The number of unbranched alkanes of at least 4 members (excludes halogenated alkanes) is 1. The van der Waals surface area contributed by atoms with Crippen molar-refractivity contribution in [2.75, 3.05) is 44.8 Å². The smallest absolute Gasteiger partial charge is 0.227 e. The van der Waals surface area contributed by atoms with Crippen LogP contribution in [0.4, 0.5) is 5.69 Å². The predicted molar refractivity (Wildman–Crippen MR) is 139 cm³/mol. The molecule has 8 heteroatoms. The number of rotatable bonds is 15. The highest BCUT2D eigenvalue weighted by Crippen LogP contribution is 2.13. The molecule has 0 aliphatic heterocycles. The molecule has 0 aliphatic rings. The van der Waals surface area contributed by atoms with Gasteiger partial charge in [0.15, 0.2) is 5.96 Å². The van der Waals surface area contributed by atoms with Gasteiger partial charge >= 0.3 is 0 Å². The molecule has 0 heterocycles. The van der Waals surface area contributed by atoms with E-state index in [9.17, 15) is 4.79 Å². The highest BCUT2D eigenvalue weighted by atomic mass is 127. The van der Waals surface area contributed by atoms with Gasteiger partial charge in [-0.15, -0.1) is 24.0 Å². The number of amides is 1. The maximum Gasteiger partial charge on any atom is 0.227 e. The molecule has 0 aromatic heterocycles. The number of hydrogen-bond acceptors (Lipinski definition) is 4. The van der Waals surface area contributed by atoms with Crippen LogP contribution in [0.15, 0.2) is 29.3 Å². The van der Waals surface area contributed by atoms with Crippen molar-refractivity contribution in [1.82, 2.24) is 10.6 Å². The molecule has 1 aromatic carbocycles. The SMILES string of the molecule is CCCCOCCOCCNC(=NCc1cccc(NC(=O)C(C)CC)c1)NCC.I. The van der Waals surface area contributed by atoms with E-state index >= 15 is 0 Å². The summed E-state index contributed by atoms with van der Waals surface area (Å²) in [5, 5.41) is 9.48. The van der Waals surface area contributed by atoms with Crippen LogP contribution in [0.25, 0.3) is 0 Å². The summed E-state index contributed by atoms with van der Waals surface area (Å²) in [6, 6.07) is 7.82. The molecule has 1 amide bonds. The lowest BCUT2D eigenvalue weighted by atomic mass is 10.1. The van der Waals surface area contributed by atoms with E-state index in [0.29, 0.717) is 32.9 Å². The number of aliphatic imine (C=N–C) groups is 1. The monoisotopic (exact) mass is 548 g/mol. The van der Waals surface area contributed by atoms with Crippen molar-refractivity contribution in [1.29, 1.82) is 0 Å². The van der Waals surface area contributed by atoms with Crippen molar-refractivity contribution >= 4 is 41.5 Å². The zero-order valence-electron chi connectivity index (χ0n) is 19.5. The van der Waals surface area contributed by atoms with Gasteiger partial charge in [-0.25, -0.2) is 4.99 Å². The lowest BCUT2D eigenvalue weighted by Gasteiger charge is -2.12. The Bertz CT molecular complexity index is 629. The van der Waals surface area contributed by atoms with Gasteiger partial charge < -0.3 is 25.4 Å². The first kappa shape index (κ1) is 29.6. The number of guanidine groups is 1. The highest BCUT2D eigenvalue weighted by molar-refractivity contribution is 14.0. The quantitative estimate of drug-likeness (QED) is 0.133. The Kier molecular flexibility index (Phi) is 18.4. The van der Waals surface area contributed by atoms with Crippen LogP contribution in [0.5, 0.6) is 0 Å². The summed E-state index contributed by atoms with van der Waals surface area (Å²) < 4.78 is 11.0. The second-order valence-electron chi connectivity index (χ2n) is 7.20. The van der Waals surface area contributed by atoms with Crippen LogP contribution < -0.4 is 16.0 Å². The minimum atomic E-state index is 0. The number of carbonyl (C=O) groups is 1. The number of nitrogens with one attached hydrogen (secondary N) is 3. The molecule has 1 unspecified atom stereocenters. The average molecular weight is 549 g/mol. The summed E-state index contributed by atoms with van der Waals surface area (Å²) in [5.41, 5.74) is 1.84. The van der Waals surface area contributed by atoms with Gasteiger partial charge in [-0.1, -0.05) is 39.3 Å². The fourth-order valence-corrected chi connectivity index (χ4v) is 2.52. The second kappa shape index (κ2) is 19.3. The highest BCUT2D eigenvalue weighted by Gasteiger charge is 2.10. The lowest BCUT2D eigenvalue weighted by Crippen LogP contribution is -2.39. The van der Waals surface area contributed by atoms with Crippen molar-refractivity contribution < 1.29 is 14.3 Å². The van der Waals surface area contributed by atoms with Crippen molar-refractivity contribution in [3.8, 4) is 0 Å². The maximum atomic E-state index is 12.1. The Hall–Kier alpha value is -1.39. The standard InChI is InChI=1S/C23H40N4O3.HI/c1-5-8-13-29-15-16-30-14-12-25-23(24-7-3)26-18-20-10-9-11-21(17-20)27-22(28)19(4)6-2;/h9-11,17,19H,5-8,12-16,18H2,1-4H3,(H,27,28)(H2,24,25,26);1H. The lowest BCUT2D eigenvalue weighted by molar-refractivity contribution is -0.119. The van der Waals surface area contributed by atoms with E-state index < -0.39 is 0 Å². The molecular weight excluding hydrogens is 507 g/mol. The Morgan fingerprint density at radius 2 is 1.81 bits per heavy atom. The van der Waals surface area contributed by atoms with Gasteiger partial charge in [0, 0.05) is 31.3 Å². The Morgan fingerprint density at radius 1 is 1.06 bits per heavy atom. The van der Waals surface area contributed by atoms with Crippen LogP contribution in [-0.2, 0) is 20.8 Å². The summed E-state index contributed by atoms with van der Waals surface area (Å²) in [7, 11) is 0. The van der Waals surface area contributed by atoms with Crippen LogP contribution in [0.3, 0.4) is 0 Å². The average Bonchev–Trinajstić information content (AvgIpc) is 2.75. The number of benzene rings is 1.